The molecule has 1 aromatic heterocycles. The van der Waals surface area contributed by atoms with Crippen LogP contribution in [0.15, 0.2) is 0 Å². The SMILES string of the molecule is Cc1nnc(C2CCCCC2)n1CCN. The van der Waals surface area contributed by atoms with Crippen LogP contribution in [0.25, 0.3) is 0 Å². The molecule has 84 valence electrons. The van der Waals surface area contributed by atoms with Gasteiger partial charge in [0, 0.05) is 19.0 Å². The quantitative estimate of drug-likeness (QED) is 0.820. The van der Waals surface area contributed by atoms with Crippen LogP contribution in [-0.4, -0.2) is 21.3 Å². The Balaban J connectivity index is 2.18. The second-order valence-electron chi connectivity index (χ2n) is 4.38. The molecule has 0 spiro atoms. The number of hydrogen-bond acceptors (Lipinski definition) is 3. The van der Waals surface area contributed by atoms with E-state index >= 15 is 0 Å². The molecule has 2 N–H and O–H groups in total. The molecule has 0 unspecified atom stereocenters. The molecule has 15 heavy (non-hydrogen) atoms. The fourth-order valence-electron chi connectivity index (χ4n) is 2.47. The molecular formula is C11H20N4. The van der Waals surface area contributed by atoms with Crippen molar-refractivity contribution in [2.24, 2.45) is 5.73 Å². The average Bonchev–Trinajstić information content (AvgIpc) is 2.63. The van der Waals surface area contributed by atoms with Crippen LogP contribution < -0.4 is 5.73 Å². The minimum absolute atomic E-state index is 0.617. The van der Waals surface area contributed by atoms with E-state index in [4.69, 9.17) is 5.73 Å². The van der Waals surface area contributed by atoms with Crippen molar-refractivity contribution in [2.45, 2.75) is 51.5 Å². The summed E-state index contributed by atoms with van der Waals surface area (Å²) in [6.07, 6.45) is 6.57. The topological polar surface area (TPSA) is 56.7 Å². The van der Waals surface area contributed by atoms with Gasteiger partial charge in [0.1, 0.15) is 11.6 Å². The lowest BCUT2D eigenvalue weighted by Gasteiger charge is -2.21. The van der Waals surface area contributed by atoms with Crippen molar-refractivity contribution in [3.05, 3.63) is 11.6 Å². The summed E-state index contributed by atoms with van der Waals surface area (Å²) in [6, 6.07) is 0. The van der Waals surface area contributed by atoms with Gasteiger partial charge in [0.05, 0.1) is 0 Å². The highest BCUT2D eigenvalue weighted by molar-refractivity contribution is 5.02. The Bertz CT molecular complexity index is 312. The number of rotatable bonds is 3. The first-order chi connectivity index (χ1) is 7.33. The summed E-state index contributed by atoms with van der Waals surface area (Å²) < 4.78 is 2.19. The average molecular weight is 208 g/mol. The Hall–Kier alpha value is -0.900. The minimum Gasteiger partial charge on any atom is -0.329 e. The molecule has 1 heterocycles. The van der Waals surface area contributed by atoms with Gasteiger partial charge >= 0.3 is 0 Å². The first-order valence-electron chi connectivity index (χ1n) is 5.92. The van der Waals surface area contributed by atoms with Crippen molar-refractivity contribution in [1.82, 2.24) is 14.8 Å². The molecule has 0 aliphatic heterocycles. The van der Waals surface area contributed by atoms with Crippen LogP contribution in [0.5, 0.6) is 0 Å². The van der Waals surface area contributed by atoms with Gasteiger partial charge in [-0.05, 0) is 19.8 Å². The third kappa shape index (κ3) is 2.20. The normalized spacial score (nSPS) is 18.3. The number of nitrogens with two attached hydrogens (primary N) is 1. The fourth-order valence-corrected chi connectivity index (χ4v) is 2.47. The van der Waals surface area contributed by atoms with Crippen LogP contribution >= 0.6 is 0 Å². The van der Waals surface area contributed by atoms with Crippen LogP contribution in [0.2, 0.25) is 0 Å². The van der Waals surface area contributed by atoms with E-state index in [1.165, 1.54) is 32.1 Å². The first-order valence-corrected chi connectivity index (χ1v) is 5.92. The summed E-state index contributed by atoms with van der Waals surface area (Å²) in [4.78, 5) is 0. The van der Waals surface area contributed by atoms with E-state index in [0.717, 1.165) is 18.2 Å². The molecule has 0 aromatic carbocycles. The summed E-state index contributed by atoms with van der Waals surface area (Å²) in [5.74, 6) is 2.78. The second kappa shape index (κ2) is 4.75. The lowest BCUT2D eigenvalue weighted by molar-refractivity contribution is 0.414. The summed E-state index contributed by atoms with van der Waals surface area (Å²) in [7, 11) is 0. The lowest BCUT2D eigenvalue weighted by Crippen LogP contribution is -2.17. The maximum atomic E-state index is 5.61. The van der Waals surface area contributed by atoms with E-state index in [0.29, 0.717) is 12.5 Å². The predicted octanol–water partition coefficient (Wildman–Crippen LogP) is 1.59. The number of nitrogens with zero attached hydrogens (tertiary/aromatic N) is 3. The zero-order valence-corrected chi connectivity index (χ0v) is 9.45. The van der Waals surface area contributed by atoms with Crippen LogP contribution in [0.3, 0.4) is 0 Å². The van der Waals surface area contributed by atoms with Gasteiger partial charge in [-0.15, -0.1) is 10.2 Å². The molecule has 1 aliphatic carbocycles. The standard InChI is InChI=1S/C11H20N4/c1-9-13-14-11(15(9)8-7-12)10-5-3-2-4-6-10/h10H,2-8,12H2,1H3. The summed E-state index contributed by atoms with van der Waals surface area (Å²) in [5.41, 5.74) is 5.61. The van der Waals surface area contributed by atoms with Gasteiger partial charge in [-0.3, -0.25) is 0 Å². The molecule has 1 fully saturated rings. The Morgan fingerprint density at radius 2 is 2.00 bits per heavy atom. The smallest absolute Gasteiger partial charge is 0.136 e. The third-order valence-electron chi connectivity index (χ3n) is 3.29. The van der Waals surface area contributed by atoms with Crippen molar-refractivity contribution in [3.8, 4) is 0 Å². The third-order valence-corrected chi connectivity index (χ3v) is 3.29. The molecule has 1 saturated carbocycles. The first kappa shape index (κ1) is 10.6. The highest BCUT2D eigenvalue weighted by atomic mass is 15.3. The zero-order chi connectivity index (χ0) is 10.7. The molecular weight excluding hydrogens is 188 g/mol. The van der Waals surface area contributed by atoms with Gasteiger partial charge in [-0.25, -0.2) is 0 Å². The van der Waals surface area contributed by atoms with Gasteiger partial charge < -0.3 is 10.3 Å². The van der Waals surface area contributed by atoms with E-state index in [1.807, 2.05) is 6.92 Å². The molecule has 0 atom stereocenters. The molecule has 0 saturated heterocycles. The van der Waals surface area contributed by atoms with Crippen LogP contribution in [0.1, 0.15) is 49.7 Å². The molecule has 0 radical (unpaired) electrons. The van der Waals surface area contributed by atoms with E-state index in [2.05, 4.69) is 14.8 Å². The predicted molar refractivity (Wildman–Crippen MR) is 59.6 cm³/mol. The number of hydrogen-bond donors (Lipinski definition) is 1. The molecule has 4 nitrogen and oxygen atoms in total. The Labute approximate surface area is 90.9 Å². The van der Waals surface area contributed by atoms with Gasteiger partial charge in [0.15, 0.2) is 0 Å². The molecule has 1 aromatic rings. The van der Waals surface area contributed by atoms with Gasteiger partial charge in [-0.2, -0.15) is 0 Å². The zero-order valence-electron chi connectivity index (χ0n) is 9.45. The monoisotopic (exact) mass is 208 g/mol. The lowest BCUT2D eigenvalue weighted by atomic mass is 9.88. The van der Waals surface area contributed by atoms with E-state index in [-0.39, 0.29) is 0 Å². The Morgan fingerprint density at radius 3 is 2.67 bits per heavy atom. The largest absolute Gasteiger partial charge is 0.329 e. The van der Waals surface area contributed by atoms with Crippen LogP contribution in [-0.2, 0) is 6.54 Å². The molecule has 0 bridgehead atoms. The number of aryl methyl sites for hydroxylation is 1. The second-order valence-corrected chi connectivity index (χ2v) is 4.38. The van der Waals surface area contributed by atoms with Crippen molar-refractivity contribution < 1.29 is 0 Å². The molecule has 2 rings (SSSR count). The van der Waals surface area contributed by atoms with E-state index < -0.39 is 0 Å². The summed E-state index contributed by atoms with van der Waals surface area (Å²) >= 11 is 0. The van der Waals surface area contributed by atoms with Crippen molar-refractivity contribution in [2.75, 3.05) is 6.54 Å². The van der Waals surface area contributed by atoms with Crippen LogP contribution in [0.4, 0.5) is 0 Å². The van der Waals surface area contributed by atoms with E-state index in [9.17, 15) is 0 Å². The van der Waals surface area contributed by atoms with Crippen LogP contribution in [0, 0.1) is 6.92 Å². The maximum Gasteiger partial charge on any atom is 0.136 e. The highest BCUT2D eigenvalue weighted by Gasteiger charge is 2.21. The summed E-state index contributed by atoms with van der Waals surface area (Å²) in [6.45, 7) is 3.53. The van der Waals surface area contributed by atoms with Crippen molar-refractivity contribution in [1.29, 1.82) is 0 Å². The fraction of sp³-hybridized carbons (Fsp3) is 0.818. The number of aromatic nitrogens is 3. The maximum absolute atomic E-state index is 5.61. The van der Waals surface area contributed by atoms with Gasteiger partial charge in [0.25, 0.3) is 0 Å². The summed E-state index contributed by atoms with van der Waals surface area (Å²) in [5, 5.41) is 8.48. The Kier molecular flexibility index (Phi) is 3.36. The minimum atomic E-state index is 0.617. The van der Waals surface area contributed by atoms with Gasteiger partial charge in [-0.1, -0.05) is 19.3 Å². The molecule has 4 heteroatoms. The molecule has 1 aliphatic rings. The molecule has 0 amide bonds. The van der Waals surface area contributed by atoms with E-state index in [1.54, 1.807) is 0 Å². The van der Waals surface area contributed by atoms with Crippen molar-refractivity contribution in [3.63, 3.8) is 0 Å². The highest BCUT2D eigenvalue weighted by Crippen LogP contribution is 2.31. The van der Waals surface area contributed by atoms with Gasteiger partial charge in [0.2, 0.25) is 0 Å². The Morgan fingerprint density at radius 1 is 1.27 bits per heavy atom. The van der Waals surface area contributed by atoms with Crippen molar-refractivity contribution >= 4 is 0 Å².